The number of pyridine rings is 1. The van der Waals surface area contributed by atoms with Gasteiger partial charge in [0.2, 0.25) is 0 Å². The van der Waals surface area contributed by atoms with Gasteiger partial charge in [0.1, 0.15) is 4.90 Å². The summed E-state index contributed by atoms with van der Waals surface area (Å²) in [4.78, 5) is 21.9. The molecule has 0 atom stereocenters. The molecule has 4 rings (SSSR count). The van der Waals surface area contributed by atoms with E-state index in [0.29, 0.717) is 29.9 Å². The summed E-state index contributed by atoms with van der Waals surface area (Å²) in [5.41, 5.74) is 3.48. The predicted octanol–water partition coefficient (Wildman–Crippen LogP) is 6.44. The lowest BCUT2D eigenvalue weighted by molar-refractivity contribution is 0.0762. The molecule has 43 heavy (non-hydrogen) atoms. The number of benzene rings is 2. The largest absolute Gasteiger partial charge is 0.337 e. The lowest BCUT2D eigenvalue weighted by atomic mass is 10.1. The van der Waals surface area contributed by atoms with E-state index in [1.54, 1.807) is 48.7 Å². The van der Waals surface area contributed by atoms with E-state index < -0.39 is 10.0 Å². The lowest BCUT2D eigenvalue weighted by Gasteiger charge is -2.22. The molecule has 0 bridgehead atoms. The number of anilines is 1. The van der Waals surface area contributed by atoms with Crippen molar-refractivity contribution in [1.29, 1.82) is 0 Å². The average molecular weight is 597 g/mol. The summed E-state index contributed by atoms with van der Waals surface area (Å²) in [6.45, 7) is 12.0. The van der Waals surface area contributed by atoms with Crippen molar-refractivity contribution in [3.05, 3.63) is 102 Å². The molecule has 0 unspecified atom stereocenters. The third-order valence-electron chi connectivity index (χ3n) is 7.27. The third kappa shape index (κ3) is 8.90. The fourth-order valence-electron chi connectivity index (χ4n) is 4.93. The van der Waals surface area contributed by atoms with Crippen molar-refractivity contribution in [2.24, 2.45) is 0 Å². The van der Waals surface area contributed by atoms with Gasteiger partial charge in [0.15, 0.2) is 0 Å². The Hall–Kier alpha value is -4.19. The molecule has 1 aromatic heterocycles. The second-order valence-electron chi connectivity index (χ2n) is 10.7. The SMILES string of the molecule is C=C/C(C#CCCCC)=C\C=C(/C)CN1CCCN(C(=O)c2ccc(NS(=O)(=O)c3cccc4cccnc34)cc2)CC1. The maximum atomic E-state index is 13.3. The standard InChI is InChI=1S/C35H40N4O3S/c1-4-6-7-8-12-29(5-2)17-16-28(3)27-38-23-11-24-39(26-25-38)35(40)31-18-20-32(21-19-31)37-43(41,42)33-15-9-13-30-14-10-22-36-34(30)33/h5,9-10,13-22,37H,2,4,6-7,11,23-27H2,1,3H3/b28-16+,29-17+. The number of allylic oxidation sites excluding steroid dienone is 4. The van der Waals surface area contributed by atoms with Gasteiger partial charge in [0, 0.05) is 67.6 Å². The Bertz CT molecular complexity index is 1660. The predicted molar refractivity (Wildman–Crippen MR) is 175 cm³/mol. The number of nitrogens with zero attached hydrogens (tertiary/aromatic N) is 3. The molecule has 0 saturated carbocycles. The molecule has 1 fully saturated rings. The van der Waals surface area contributed by atoms with Crippen LogP contribution in [0.25, 0.3) is 10.9 Å². The highest BCUT2D eigenvalue weighted by Gasteiger charge is 2.22. The first-order valence-electron chi connectivity index (χ1n) is 14.8. The number of sulfonamides is 1. The highest BCUT2D eigenvalue weighted by Crippen LogP contribution is 2.24. The summed E-state index contributed by atoms with van der Waals surface area (Å²) in [6, 6.07) is 15.2. The summed E-state index contributed by atoms with van der Waals surface area (Å²) in [7, 11) is -3.86. The van der Waals surface area contributed by atoms with Gasteiger partial charge in [-0.1, -0.05) is 67.7 Å². The van der Waals surface area contributed by atoms with E-state index >= 15 is 0 Å². The van der Waals surface area contributed by atoms with Gasteiger partial charge in [-0.15, -0.1) is 0 Å². The van der Waals surface area contributed by atoms with Crippen LogP contribution < -0.4 is 4.72 Å². The van der Waals surface area contributed by atoms with Gasteiger partial charge in [-0.25, -0.2) is 8.42 Å². The van der Waals surface area contributed by atoms with Crippen LogP contribution in [0.1, 0.15) is 49.9 Å². The Balaban J connectivity index is 1.34. The molecule has 1 aliphatic heterocycles. The van der Waals surface area contributed by atoms with Crippen molar-refractivity contribution < 1.29 is 13.2 Å². The first kappa shape index (κ1) is 31.7. The van der Waals surface area contributed by atoms with Crippen molar-refractivity contribution in [3.63, 3.8) is 0 Å². The zero-order chi connectivity index (χ0) is 30.7. The highest BCUT2D eigenvalue weighted by atomic mass is 32.2. The lowest BCUT2D eigenvalue weighted by Crippen LogP contribution is -2.35. The van der Waals surface area contributed by atoms with Crippen LogP contribution in [0, 0.1) is 11.8 Å². The first-order valence-corrected chi connectivity index (χ1v) is 16.3. The monoisotopic (exact) mass is 596 g/mol. The van der Waals surface area contributed by atoms with Crippen LogP contribution in [0.5, 0.6) is 0 Å². The van der Waals surface area contributed by atoms with Crippen LogP contribution in [0.2, 0.25) is 0 Å². The molecule has 7 nitrogen and oxygen atoms in total. The number of unbranched alkanes of at least 4 members (excludes halogenated alkanes) is 2. The van der Waals surface area contributed by atoms with Crippen LogP contribution in [0.15, 0.2) is 102 Å². The number of rotatable bonds is 10. The number of carbonyl (C=O) groups excluding carboxylic acids is 1. The molecule has 0 spiro atoms. The molecule has 1 aliphatic rings. The third-order valence-corrected chi connectivity index (χ3v) is 8.69. The maximum Gasteiger partial charge on any atom is 0.264 e. The van der Waals surface area contributed by atoms with Crippen LogP contribution >= 0.6 is 0 Å². The number of carbonyl (C=O) groups is 1. The Morgan fingerprint density at radius 2 is 1.84 bits per heavy atom. The van der Waals surface area contributed by atoms with E-state index in [4.69, 9.17) is 0 Å². The number of nitrogens with one attached hydrogen (secondary N) is 1. The van der Waals surface area contributed by atoms with Gasteiger partial charge in [-0.3, -0.25) is 19.4 Å². The Morgan fingerprint density at radius 3 is 2.60 bits per heavy atom. The van der Waals surface area contributed by atoms with Crippen molar-refractivity contribution >= 4 is 32.5 Å². The topological polar surface area (TPSA) is 82.6 Å². The number of hydrogen-bond donors (Lipinski definition) is 1. The maximum absolute atomic E-state index is 13.3. The number of amides is 1. The smallest absolute Gasteiger partial charge is 0.264 e. The second kappa shape index (κ2) is 15.3. The molecule has 2 heterocycles. The minimum Gasteiger partial charge on any atom is -0.337 e. The molecule has 0 radical (unpaired) electrons. The summed E-state index contributed by atoms with van der Waals surface area (Å²) in [5, 5.41) is 0.746. The molecule has 8 heteroatoms. The molecule has 224 valence electrons. The van der Waals surface area contributed by atoms with Crippen LogP contribution in [0.4, 0.5) is 5.69 Å². The number of aromatic nitrogens is 1. The van der Waals surface area contributed by atoms with Crippen molar-refractivity contribution in [1.82, 2.24) is 14.8 Å². The molecule has 3 aromatic rings. The zero-order valence-electron chi connectivity index (χ0n) is 25.1. The van der Waals surface area contributed by atoms with Gasteiger partial charge < -0.3 is 4.90 Å². The normalized spacial score (nSPS) is 15.0. The minimum atomic E-state index is -3.86. The van der Waals surface area contributed by atoms with E-state index in [2.05, 4.69) is 52.9 Å². The first-order chi connectivity index (χ1) is 20.8. The van der Waals surface area contributed by atoms with Crippen molar-refractivity contribution in [2.75, 3.05) is 37.4 Å². The Labute approximate surface area is 256 Å². The van der Waals surface area contributed by atoms with Gasteiger partial charge in [0.05, 0.1) is 5.52 Å². The molecule has 0 aliphatic carbocycles. The summed E-state index contributed by atoms with van der Waals surface area (Å²) in [6.07, 6.45) is 11.5. The molecule has 1 N–H and O–H groups in total. The molecule has 1 amide bonds. The second-order valence-corrected chi connectivity index (χ2v) is 12.3. The zero-order valence-corrected chi connectivity index (χ0v) is 25.9. The average Bonchev–Trinajstić information content (AvgIpc) is 3.25. The van der Waals surface area contributed by atoms with E-state index in [0.717, 1.165) is 56.3 Å². The van der Waals surface area contributed by atoms with Crippen molar-refractivity contribution in [2.45, 2.75) is 44.4 Å². The number of hydrogen-bond acceptors (Lipinski definition) is 5. The Morgan fingerprint density at radius 1 is 1.05 bits per heavy atom. The van der Waals surface area contributed by atoms with E-state index in [1.807, 2.05) is 23.1 Å². The van der Waals surface area contributed by atoms with E-state index in [9.17, 15) is 13.2 Å². The number of fused-ring (bicyclic) bond motifs is 1. The molecular weight excluding hydrogens is 556 g/mol. The van der Waals surface area contributed by atoms with E-state index in [-0.39, 0.29) is 10.8 Å². The van der Waals surface area contributed by atoms with E-state index in [1.165, 1.54) is 11.6 Å². The quantitative estimate of drug-likeness (QED) is 0.166. The fourth-order valence-corrected chi connectivity index (χ4v) is 6.17. The number of para-hydroxylation sites is 1. The summed E-state index contributed by atoms with van der Waals surface area (Å²) in [5.74, 6) is 6.34. The molecule has 1 saturated heterocycles. The Kier molecular flexibility index (Phi) is 11.3. The highest BCUT2D eigenvalue weighted by molar-refractivity contribution is 7.93. The van der Waals surface area contributed by atoms with Gasteiger partial charge in [-0.05, 0) is 62.2 Å². The van der Waals surface area contributed by atoms with Crippen molar-refractivity contribution in [3.8, 4) is 11.8 Å². The van der Waals surface area contributed by atoms with Gasteiger partial charge >= 0.3 is 0 Å². The summed E-state index contributed by atoms with van der Waals surface area (Å²) < 4.78 is 28.9. The fraction of sp³-hybridized carbons (Fsp3) is 0.314. The van der Waals surface area contributed by atoms with Gasteiger partial charge in [0.25, 0.3) is 15.9 Å². The van der Waals surface area contributed by atoms with Crippen LogP contribution in [-0.4, -0.2) is 61.8 Å². The van der Waals surface area contributed by atoms with Crippen LogP contribution in [0.3, 0.4) is 0 Å². The van der Waals surface area contributed by atoms with Crippen LogP contribution in [-0.2, 0) is 10.0 Å². The molecular formula is C35H40N4O3S. The molecule has 2 aromatic carbocycles. The summed E-state index contributed by atoms with van der Waals surface area (Å²) >= 11 is 0. The van der Waals surface area contributed by atoms with Gasteiger partial charge in [-0.2, -0.15) is 0 Å². The minimum absolute atomic E-state index is 0.0537.